The molecule has 2 aliphatic heterocycles. The predicted octanol–water partition coefficient (Wildman–Crippen LogP) is 2.62. The highest BCUT2D eigenvalue weighted by molar-refractivity contribution is 5.90. The number of carbonyl (C=O) groups is 2. The van der Waals surface area contributed by atoms with Gasteiger partial charge in [0.25, 0.3) is 0 Å². The fourth-order valence-electron chi connectivity index (χ4n) is 4.41. The lowest BCUT2D eigenvalue weighted by Crippen LogP contribution is -2.53. The molecule has 1 aromatic carbocycles. The summed E-state index contributed by atoms with van der Waals surface area (Å²) in [6, 6.07) is 10.0. The highest BCUT2D eigenvalue weighted by Gasteiger charge is 2.45. The van der Waals surface area contributed by atoms with Gasteiger partial charge in [-0.2, -0.15) is 0 Å². The number of likely N-dealkylation sites (N-methyl/N-ethyl adjacent to an activating group) is 1. The standard InChI is InChI=1S/C22H30N2O3/c1-3-20(25)24-13-11-22(12-14-24,19-9-5-4-6-10-19)21(26)23(2)16-18-8-7-15-27-17-18/h3-6,9-10,18H,1,7-8,11-17H2,2H3. The first-order chi connectivity index (χ1) is 13.1. The molecule has 3 rings (SSSR count). The maximum absolute atomic E-state index is 13.6. The van der Waals surface area contributed by atoms with Crippen molar-refractivity contribution in [2.45, 2.75) is 31.1 Å². The number of piperidine rings is 1. The first kappa shape index (κ1) is 19.6. The van der Waals surface area contributed by atoms with Gasteiger partial charge < -0.3 is 14.5 Å². The van der Waals surface area contributed by atoms with Crippen molar-refractivity contribution in [2.24, 2.45) is 5.92 Å². The Hall–Kier alpha value is -2.14. The lowest BCUT2D eigenvalue weighted by molar-refractivity contribution is -0.141. The largest absolute Gasteiger partial charge is 0.381 e. The molecule has 0 aromatic heterocycles. The molecule has 0 aliphatic carbocycles. The van der Waals surface area contributed by atoms with Crippen molar-refractivity contribution < 1.29 is 14.3 Å². The summed E-state index contributed by atoms with van der Waals surface area (Å²) in [6.07, 6.45) is 4.81. The zero-order chi connectivity index (χ0) is 19.3. The van der Waals surface area contributed by atoms with Crippen LogP contribution in [-0.2, 0) is 19.7 Å². The Kier molecular flexibility index (Phi) is 6.32. The van der Waals surface area contributed by atoms with Crippen LogP contribution in [0.5, 0.6) is 0 Å². The van der Waals surface area contributed by atoms with Crippen LogP contribution in [-0.4, -0.2) is 61.5 Å². The quantitative estimate of drug-likeness (QED) is 0.749. The highest BCUT2D eigenvalue weighted by atomic mass is 16.5. The summed E-state index contributed by atoms with van der Waals surface area (Å²) >= 11 is 0. The molecule has 0 radical (unpaired) electrons. The second-order valence-electron chi connectivity index (χ2n) is 7.75. The van der Waals surface area contributed by atoms with Crippen LogP contribution in [0.15, 0.2) is 43.0 Å². The zero-order valence-electron chi connectivity index (χ0n) is 16.2. The van der Waals surface area contributed by atoms with E-state index in [1.165, 1.54) is 6.08 Å². The molecule has 2 fully saturated rings. The Morgan fingerprint density at radius 1 is 1.30 bits per heavy atom. The second-order valence-corrected chi connectivity index (χ2v) is 7.75. The summed E-state index contributed by atoms with van der Waals surface area (Å²) in [5, 5.41) is 0. The summed E-state index contributed by atoms with van der Waals surface area (Å²) in [5.41, 5.74) is 0.483. The van der Waals surface area contributed by atoms with Crippen LogP contribution in [0.4, 0.5) is 0 Å². The van der Waals surface area contributed by atoms with Gasteiger partial charge in [0.05, 0.1) is 12.0 Å². The van der Waals surface area contributed by atoms with Crippen LogP contribution in [0.1, 0.15) is 31.2 Å². The van der Waals surface area contributed by atoms with Crippen molar-refractivity contribution in [3.63, 3.8) is 0 Å². The molecule has 2 amide bonds. The Balaban J connectivity index is 1.79. The third-order valence-electron chi connectivity index (χ3n) is 5.97. The van der Waals surface area contributed by atoms with Gasteiger partial charge in [0.15, 0.2) is 0 Å². The molecular formula is C22H30N2O3. The normalized spacial score (nSPS) is 22.1. The Bertz CT molecular complexity index is 659. The van der Waals surface area contributed by atoms with E-state index in [1.54, 1.807) is 4.90 Å². The minimum Gasteiger partial charge on any atom is -0.381 e. The average Bonchev–Trinajstić information content (AvgIpc) is 2.74. The van der Waals surface area contributed by atoms with Gasteiger partial charge in [-0.3, -0.25) is 9.59 Å². The molecule has 2 heterocycles. The number of ether oxygens (including phenoxy) is 1. The summed E-state index contributed by atoms with van der Waals surface area (Å²) in [5.74, 6) is 0.504. The van der Waals surface area contributed by atoms with E-state index in [4.69, 9.17) is 4.74 Å². The number of amides is 2. The number of hydrogen-bond acceptors (Lipinski definition) is 3. The van der Waals surface area contributed by atoms with Crippen molar-refractivity contribution in [1.29, 1.82) is 0 Å². The van der Waals surface area contributed by atoms with E-state index >= 15 is 0 Å². The number of rotatable bonds is 5. The van der Waals surface area contributed by atoms with E-state index in [2.05, 4.69) is 6.58 Å². The molecule has 0 N–H and O–H groups in total. The van der Waals surface area contributed by atoms with E-state index in [1.807, 2.05) is 42.3 Å². The maximum atomic E-state index is 13.6. The molecule has 1 atom stereocenters. The van der Waals surface area contributed by atoms with Gasteiger partial charge in [-0.25, -0.2) is 0 Å². The van der Waals surface area contributed by atoms with Crippen LogP contribution < -0.4 is 0 Å². The molecule has 1 unspecified atom stereocenters. The Morgan fingerprint density at radius 2 is 2.00 bits per heavy atom. The van der Waals surface area contributed by atoms with Crippen molar-refractivity contribution in [1.82, 2.24) is 9.80 Å². The van der Waals surface area contributed by atoms with Crippen LogP contribution in [0.3, 0.4) is 0 Å². The van der Waals surface area contributed by atoms with Gasteiger partial charge in [0, 0.05) is 33.3 Å². The van der Waals surface area contributed by atoms with Crippen LogP contribution in [0.2, 0.25) is 0 Å². The van der Waals surface area contributed by atoms with E-state index < -0.39 is 5.41 Å². The number of benzene rings is 1. The molecule has 27 heavy (non-hydrogen) atoms. The topological polar surface area (TPSA) is 49.9 Å². The van der Waals surface area contributed by atoms with E-state index in [-0.39, 0.29) is 11.8 Å². The zero-order valence-corrected chi connectivity index (χ0v) is 16.2. The SMILES string of the molecule is C=CC(=O)N1CCC(C(=O)N(C)CC2CCCOC2)(c2ccccc2)CC1. The lowest BCUT2D eigenvalue weighted by Gasteiger charge is -2.43. The van der Waals surface area contributed by atoms with E-state index in [0.717, 1.165) is 38.2 Å². The minimum atomic E-state index is -0.566. The van der Waals surface area contributed by atoms with Gasteiger partial charge in [0.2, 0.25) is 11.8 Å². The fraction of sp³-hybridized carbons (Fsp3) is 0.545. The molecule has 146 valence electrons. The summed E-state index contributed by atoms with van der Waals surface area (Å²) in [4.78, 5) is 29.3. The van der Waals surface area contributed by atoms with Crippen LogP contribution in [0.25, 0.3) is 0 Å². The molecule has 0 saturated carbocycles. The van der Waals surface area contributed by atoms with Gasteiger partial charge >= 0.3 is 0 Å². The third kappa shape index (κ3) is 4.24. The molecule has 2 saturated heterocycles. The van der Waals surface area contributed by atoms with Gasteiger partial charge in [0.1, 0.15) is 0 Å². The monoisotopic (exact) mass is 370 g/mol. The van der Waals surface area contributed by atoms with Crippen molar-refractivity contribution in [3.05, 3.63) is 48.6 Å². The Labute approximate surface area is 162 Å². The number of likely N-dealkylation sites (tertiary alicyclic amines) is 1. The predicted molar refractivity (Wildman–Crippen MR) is 105 cm³/mol. The van der Waals surface area contributed by atoms with Gasteiger partial charge in [-0.05, 0) is 43.2 Å². The van der Waals surface area contributed by atoms with E-state index in [0.29, 0.717) is 31.8 Å². The second kappa shape index (κ2) is 8.70. The highest BCUT2D eigenvalue weighted by Crippen LogP contribution is 2.37. The Morgan fingerprint density at radius 3 is 2.59 bits per heavy atom. The van der Waals surface area contributed by atoms with Gasteiger partial charge in [-0.1, -0.05) is 36.9 Å². The summed E-state index contributed by atoms with van der Waals surface area (Å²) < 4.78 is 5.58. The van der Waals surface area contributed by atoms with Crippen molar-refractivity contribution in [2.75, 3.05) is 39.9 Å². The maximum Gasteiger partial charge on any atom is 0.245 e. The van der Waals surface area contributed by atoms with Crippen molar-refractivity contribution >= 4 is 11.8 Å². The molecule has 0 spiro atoms. The summed E-state index contributed by atoms with van der Waals surface area (Å²) in [6.45, 7) is 7.02. The van der Waals surface area contributed by atoms with Gasteiger partial charge in [-0.15, -0.1) is 0 Å². The summed E-state index contributed by atoms with van der Waals surface area (Å²) in [7, 11) is 1.91. The first-order valence-corrected chi connectivity index (χ1v) is 9.87. The molecule has 5 heteroatoms. The molecular weight excluding hydrogens is 340 g/mol. The van der Waals surface area contributed by atoms with E-state index in [9.17, 15) is 9.59 Å². The molecule has 5 nitrogen and oxygen atoms in total. The van der Waals surface area contributed by atoms with Crippen molar-refractivity contribution in [3.8, 4) is 0 Å². The molecule has 0 bridgehead atoms. The average molecular weight is 370 g/mol. The van der Waals surface area contributed by atoms with Crippen LogP contribution >= 0.6 is 0 Å². The number of nitrogens with zero attached hydrogens (tertiary/aromatic N) is 2. The molecule has 2 aliphatic rings. The first-order valence-electron chi connectivity index (χ1n) is 9.87. The lowest BCUT2D eigenvalue weighted by atomic mass is 9.71. The van der Waals surface area contributed by atoms with Crippen LogP contribution in [0, 0.1) is 5.92 Å². The molecule has 1 aromatic rings. The number of hydrogen-bond donors (Lipinski definition) is 0. The third-order valence-corrected chi connectivity index (χ3v) is 5.97. The minimum absolute atomic E-state index is 0.0585. The smallest absolute Gasteiger partial charge is 0.245 e. The fourth-order valence-corrected chi connectivity index (χ4v) is 4.41. The number of carbonyl (C=O) groups excluding carboxylic acids is 2.